The molecule has 5 heteroatoms. The van der Waals surface area contributed by atoms with Crippen LogP contribution in [0.1, 0.15) is 6.42 Å². The van der Waals surface area contributed by atoms with E-state index in [0.29, 0.717) is 6.54 Å². The Morgan fingerprint density at radius 1 is 1.35 bits per heavy atom. The van der Waals surface area contributed by atoms with E-state index in [-0.39, 0.29) is 0 Å². The second-order valence-corrected chi connectivity index (χ2v) is 4.56. The van der Waals surface area contributed by atoms with Crippen LogP contribution < -0.4 is 10.5 Å². The fourth-order valence-corrected chi connectivity index (χ4v) is 1.82. The number of hydrogen-bond acceptors (Lipinski definition) is 3. The largest absolute Gasteiger partial charge is 0.454 e. The molecular formula is C12H14BrN3O. The maximum atomic E-state index is 5.68. The highest BCUT2D eigenvalue weighted by Crippen LogP contribution is 2.23. The predicted octanol–water partition coefficient (Wildman–Crippen LogP) is 2.79. The highest BCUT2D eigenvalue weighted by molar-refractivity contribution is 9.10. The molecule has 4 nitrogen and oxygen atoms in total. The Morgan fingerprint density at radius 2 is 2.24 bits per heavy atom. The molecule has 1 aromatic carbocycles. The van der Waals surface area contributed by atoms with E-state index >= 15 is 0 Å². The number of ether oxygens (including phenoxy) is 1. The molecule has 0 saturated heterocycles. The fourth-order valence-electron chi connectivity index (χ4n) is 1.44. The quantitative estimate of drug-likeness (QED) is 0.923. The number of rotatable bonds is 5. The molecule has 0 spiro atoms. The maximum Gasteiger partial charge on any atom is 0.165 e. The normalized spacial score (nSPS) is 10.5. The number of aryl methyl sites for hydroxylation is 1. The van der Waals surface area contributed by atoms with Crippen molar-refractivity contribution in [1.82, 2.24) is 9.78 Å². The van der Waals surface area contributed by atoms with Gasteiger partial charge in [0, 0.05) is 11.0 Å². The lowest BCUT2D eigenvalue weighted by Gasteiger charge is -2.02. The Labute approximate surface area is 109 Å². The molecule has 0 aliphatic heterocycles. The Hall–Kier alpha value is -1.33. The molecule has 17 heavy (non-hydrogen) atoms. The first-order chi connectivity index (χ1) is 8.28. The number of nitrogens with two attached hydrogens (primary N) is 1. The molecule has 0 aliphatic carbocycles. The first-order valence-corrected chi connectivity index (χ1v) is 6.23. The number of halogens is 1. The number of hydrogen-bond donors (Lipinski definition) is 1. The molecule has 0 saturated carbocycles. The summed E-state index contributed by atoms with van der Waals surface area (Å²) < 4.78 is 8.50. The van der Waals surface area contributed by atoms with Gasteiger partial charge < -0.3 is 10.5 Å². The number of benzene rings is 1. The third kappa shape index (κ3) is 3.57. The van der Waals surface area contributed by atoms with Gasteiger partial charge in [-0.25, -0.2) is 0 Å². The molecule has 0 radical (unpaired) electrons. The molecule has 2 rings (SSSR count). The van der Waals surface area contributed by atoms with Gasteiger partial charge in [-0.05, 0) is 31.2 Å². The summed E-state index contributed by atoms with van der Waals surface area (Å²) in [6.45, 7) is 1.49. The van der Waals surface area contributed by atoms with Crippen molar-refractivity contribution < 1.29 is 4.74 Å². The molecular weight excluding hydrogens is 282 g/mol. The van der Waals surface area contributed by atoms with Crippen LogP contribution in [0, 0.1) is 0 Å². The molecule has 1 aromatic heterocycles. The maximum absolute atomic E-state index is 5.68. The molecule has 90 valence electrons. The minimum atomic E-state index is 0.668. The first-order valence-electron chi connectivity index (χ1n) is 5.44. The van der Waals surface area contributed by atoms with Gasteiger partial charge in [-0.2, -0.15) is 5.10 Å². The van der Waals surface area contributed by atoms with Crippen molar-refractivity contribution >= 4 is 15.9 Å². The number of nitrogens with zero attached hydrogens (tertiary/aromatic N) is 2. The molecule has 2 N–H and O–H groups in total. The van der Waals surface area contributed by atoms with Crippen molar-refractivity contribution in [2.75, 3.05) is 6.54 Å². The monoisotopic (exact) mass is 295 g/mol. The Kier molecular flexibility index (Phi) is 4.17. The predicted molar refractivity (Wildman–Crippen MR) is 70.1 cm³/mol. The van der Waals surface area contributed by atoms with Gasteiger partial charge in [-0.3, -0.25) is 4.68 Å². The van der Waals surface area contributed by atoms with Crippen LogP contribution in [0.5, 0.6) is 11.5 Å². The van der Waals surface area contributed by atoms with Crippen molar-refractivity contribution in [1.29, 1.82) is 0 Å². The van der Waals surface area contributed by atoms with Gasteiger partial charge in [0.1, 0.15) is 5.75 Å². The Bertz CT molecular complexity index is 484. The van der Waals surface area contributed by atoms with Gasteiger partial charge in [0.2, 0.25) is 0 Å². The lowest BCUT2D eigenvalue weighted by Crippen LogP contribution is -2.05. The van der Waals surface area contributed by atoms with E-state index in [1.165, 1.54) is 0 Å². The van der Waals surface area contributed by atoms with Gasteiger partial charge in [-0.1, -0.05) is 22.0 Å². The molecule has 0 atom stereocenters. The second-order valence-electron chi connectivity index (χ2n) is 3.64. The van der Waals surface area contributed by atoms with Gasteiger partial charge >= 0.3 is 0 Å². The van der Waals surface area contributed by atoms with Gasteiger partial charge in [0.05, 0.1) is 12.4 Å². The zero-order valence-electron chi connectivity index (χ0n) is 9.34. The van der Waals surface area contributed by atoms with E-state index in [1.807, 2.05) is 35.1 Å². The summed E-state index contributed by atoms with van der Waals surface area (Å²) in [4.78, 5) is 0. The summed E-state index contributed by atoms with van der Waals surface area (Å²) in [6, 6.07) is 7.70. The van der Waals surface area contributed by atoms with Gasteiger partial charge in [0.25, 0.3) is 0 Å². The van der Waals surface area contributed by atoms with E-state index in [4.69, 9.17) is 10.5 Å². The molecule has 0 aliphatic rings. The third-order valence-corrected chi connectivity index (χ3v) is 2.73. The molecule has 1 heterocycles. The lowest BCUT2D eigenvalue weighted by atomic mass is 10.3. The zero-order chi connectivity index (χ0) is 12.1. The van der Waals surface area contributed by atoms with Gasteiger partial charge in [-0.15, -0.1) is 0 Å². The van der Waals surface area contributed by atoms with Crippen molar-refractivity contribution in [2.24, 2.45) is 5.73 Å². The smallest absolute Gasteiger partial charge is 0.165 e. The van der Waals surface area contributed by atoms with Crippen LogP contribution in [0.3, 0.4) is 0 Å². The zero-order valence-corrected chi connectivity index (χ0v) is 10.9. The van der Waals surface area contributed by atoms with Crippen LogP contribution in [0.4, 0.5) is 0 Å². The Morgan fingerprint density at radius 3 is 3.00 bits per heavy atom. The van der Waals surface area contributed by atoms with Crippen molar-refractivity contribution in [3.63, 3.8) is 0 Å². The molecule has 0 fully saturated rings. The number of aromatic nitrogens is 2. The van der Waals surface area contributed by atoms with Crippen LogP contribution in [0.2, 0.25) is 0 Å². The summed E-state index contributed by atoms with van der Waals surface area (Å²) >= 11 is 3.40. The van der Waals surface area contributed by atoms with Crippen LogP contribution in [-0.2, 0) is 6.54 Å². The van der Waals surface area contributed by atoms with Crippen LogP contribution >= 0.6 is 15.9 Å². The summed E-state index contributed by atoms with van der Waals surface area (Å²) in [5.41, 5.74) is 5.45. The first kappa shape index (κ1) is 12.1. The average molecular weight is 296 g/mol. The SMILES string of the molecule is NCCCn1cc(Oc2cccc(Br)c2)cn1. The third-order valence-electron chi connectivity index (χ3n) is 2.23. The highest BCUT2D eigenvalue weighted by atomic mass is 79.9. The standard InChI is InChI=1S/C12H14BrN3O/c13-10-3-1-4-11(7-10)17-12-8-15-16(9-12)6-2-5-14/h1,3-4,7-9H,2,5-6,14H2. The van der Waals surface area contributed by atoms with Crippen LogP contribution in [0.15, 0.2) is 41.1 Å². The van der Waals surface area contributed by atoms with E-state index in [0.717, 1.165) is 28.9 Å². The Balaban J connectivity index is 2.01. The second kappa shape index (κ2) is 5.84. The van der Waals surface area contributed by atoms with Crippen molar-refractivity contribution in [3.8, 4) is 11.5 Å². The van der Waals surface area contributed by atoms with Crippen LogP contribution in [-0.4, -0.2) is 16.3 Å². The average Bonchev–Trinajstić information content (AvgIpc) is 2.74. The lowest BCUT2D eigenvalue weighted by molar-refractivity contribution is 0.480. The molecule has 0 unspecified atom stereocenters. The van der Waals surface area contributed by atoms with Gasteiger partial charge in [0.15, 0.2) is 5.75 Å². The summed E-state index contributed by atoms with van der Waals surface area (Å²) in [5.74, 6) is 1.53. The van der Waals surface area contributed by atoms with E-state index < -0.39 is 0 Å². The van der Waals surface area contributed by atoms with Crippen molar-refractivity contribution in [2.45, 2.75) is 13.0 Å². The highest BCUT2D eigenvalue weighted by Gasteiger charge is 2.01. The molecule has 0 bridgehead atoms. The minimum Gasteiger partial charge on any atom is -0.454 e. The summed E-state index contributed by atoms with van der Waals surface area (Å²) in [6.07, 6.45) is 4.49. The minimum absolute atomic E-state index is 0.668. The van der Waals surface area contributed by atoms with E-state index in [9.17, 15) is 0 Å². The summed E-state index contributed by atoms with van der Waals surface area (Å²) in [7, 11) is 0. The molecule has 2 aromatic rings. The summed E-state index contributed by atoms with van der Waals surface area (Å²) in [5, 5.41) is 4.20. The van der Waals surface area contributed by atoms with Crippen molar-refractivity contribution in [3.05, 3.63) is 41.1 Å². The van der Waals surface area contributed by atoms with E-state index in [1.54, 1.807) is 6.20 Å². The van der Waals surface area contributed by atoms with Crippen LogP contribution in [0.25, 0.3) is 0 Å². The molecule has 0 amide bonds. The topological polar surface area (TPSA) is 53.1 Å². The fraction of sp³-hybridized carbons (Fsp3) is 0.250. The van der Waals surface area contributed by atoms with E-state index in [2.05, 4.69) is 21.0 Å².